The van der Waals surface area contributed by atoms with Crippen LogP contribution in [0.3, 0.4) is 0 Å². The average Bonchev–Trinajstić information content (AvgIpc) is 2.61. The fourth-order valence-corrected chi connectivity index (χ4v) is 6.45. The summed E-state index contributed by atoms with van der Waals surface area (Å²) in [5, 5.41) is 3.09. The Morgan fingerprint density at radius 1 is 1.18 bits per heavy atom. The van der Waals surface area contributed by atoms with E-state index in [2.05, 4.69) is 5.32 Å². The molecule has 2 amide bonds. The summed E-state index contributed by atoms with van der Waals surface area (Å²) in [4.78, 5) is 26.3. The van der Waals surface area contributed by atoms with Gasteiger partial charge in [-0.05, 0) is 73.8 Å². The molecule has 4 fully saturated rings. The highest BCUT2D eigenvalue weighted by Crippen LogP contribution is 2.61. The van der Waals surface area contributed by atoms with Gasteiger partial charge in [0.15, 0.2) is 0 Å². The van der Waals surface area contributed by atoms with E-state index < -0.39 is 5.82 Å². The molecule has 0 saturated heterocycles. The summed E-state index contributed by atoms with van der Waals surface area (Å²) in [6.07, 6.45) is 8.10. The lowest BCUT2D eigenvalue weighted by atomic mass is 9.49. The van der Waals surface area contributed by atoms with E-state index in [0.717, 1.165) is 17.8 Å². The Labute approximate surface area is 170 Å². The molecule has 4 bridgehead atoms. The molecule has 4 aliphatic carbocycles. The van der Waals surface area contributed by atoms with Crippen LogP contribution in [0.25, 0.3) is 0 Å². The SMILES string of the molecule is CN(Cc1c(F)cccc1Cl)C(=O)CNC(=O)CC12CC3CC(CC(C3)C1)C2. The van der Waals surface area contributed by atoms with Crippen molar-refractivity contribution in [3.8, 4) is 0 Å². The first-order valence-corrected chi connectivity index (χ1v) is 10.6. The second-order valence-corrected chi connectivity index (χ2v) is 9.73. The Balaban J connectivity index is 1.28. The number of hydrogen-bond acceptors (Lipinski definition) is 2. The zero-order valence-electron chi connectivity index (χ0n) is 16.3. The quantitative estimate of drug-likeness (QED) is 0.771. The van der Waals surface area contributed by atoms with Crippen LogP contribution in [0.1, 0.15) is 50.5 Å². The van der Waals surface area contributed by atoms with Crippen molar-refractivity contribution in [3.63, 3.8) is 0 Å². The highest BCUT2D eigenvalue weighted by Gasteiger charge is 2.51. The summed E-state index contributed by atoms with van der Waals surface area (Å²) >= 11 is 6.03. The molecule has 152 valence electrons. The lowest BCUT2D eigenvalue weighted by molar-refractivity contribution is -0.135. The number of halogens is 2. The van der Waals surface area contributed by atoms with Gasteiger partial charge in [-0.1, -0.05) is 17.7 Å². The van der Waals surface area contributed by atoms with Crippen LogP contribution >= 0.6 is 11.6 Å². The Hall–Kier alpha value is -1.62. The monoisotopic (exact) mass is 406 g/mol. The molecule has 0 unspecified atom stereocenters. The minimum atomic E-state index is -0.432. The lowest BCUT2D eigenvalue weighted by Gasteiger charge is -2.56. The van der Waals surface area contributed by atoms with Crippen molar-refractivity contribution in [3.05, 3.63) is 34.6 Å². The molecule has 0 aromatic heterocycles. The van der Waals surface area contributed by atoms with Gasteiger partial charge in [-0.25, -0.2) is 4.39 Å². The van der Waals surface area contributed by atoms with Gasteiger partial charge in [0.25, 0.3) is 0 Å². The van der Waals surface area contributed by atoms with Crippen molar-refractivity contribution >= 4 is 23.4 Å². The number of hydrogen-bond donors (Lipinski definition) is 1. The summed E-state index contributed by atoms with van der Waals surface area (Å²) < 4.78 is 13.9. The number of benzene rings is 1. The van der Waals surface area contributed by atoms with Crippen LogP contribution in [0.4, 0.5) is 4.39 Å². The van der Waals surface area contributed by atoms with Crippen molar-refractivity contribution < 1.29 is 14.0 Å². The average molecular weight is 407 g/mol. The van der Waals surface area contributed by atoms with Gasteiger partial charge in [0.1, 0.15) is 5.82 Å². The van der Waals surface area contributed by atoms with Crippen LogP contribution in [-0.2, 0) is 16.1 Å². The van der Waals surface area contributed by atoms with Gasteiger partial charge in [-0.3, -0.25) is 9.59 Å². The maximum absolute atomic E-state index is 13.9. The Morgan fingerprint density at radius 2 is 1.79 bits per heavy atom. The minimum absolute atomic E-state index is 0.0346. The van der Waals surface area contributed by atoms with Gasteiger partial charge in [0.2, 0.25) is 11.8 Å². The van der Waals surface area contributed by atoms with Crippen LogP contribution in [0, 0.1) is 29.0 Å². The van der Waals surface area contributed by atoms with Gasteiger partial charge in [-0.15, -0.1) is 0 Å². The number of nitrogens with one attached hydrogen (secondary N) is 1. The molecule has 1 N–H and O–H groups in total. The Bertz CT molecular complexity index is 726. The van der Waals surface area contributed by atoms with E-state index in [1.165, 1.54) is 55.6 Å². The second-order valence-electron chi connectivity index (χ2n) is 9.32. The zero-order chi connectivity index (χ0) is 19.9. The molecule has 0 spiro atoms. The van der Waals surface area contributed by atoms with E-state index >= 15 is 0 Å². The fraction of sp³-hybridized carbons (Fsp3) is 0.636. The third kappa shape index (κ3) is 4.05. The lowest BCUT2D eigenvalue weighted by Crippen LogP contribution is -2.48. The number of likely N-dealkylation sites (N-methyl/N-ethyl adjacent to an activating group) is 1. The molecule has 5 rings (SSSR count). The molecule has 0 atom stereocenters. The number of amides is 2. The third-order valence-electron chi connectivity index (χ3n) is 7.02. The summed E-state index contributed by atoms with van der Waals surface area (Å²) in [6.45, 7) is 0.0168. The highest BCUT2D eigenvalue weighted by atomic mass is 35.5. The van der Waals surface area contributed by atoms with E-state index in [4.69, 9.17) is 11.6 Å². The van der Waals surface area contributed by atoms with E-state index in [1.807, 2.05) is 0 Å². The molecular weight excluding hydrogens is 379 g/mol. The molecular formula is C22H28ClFN2O2. The van der Waals surface area contributed by atoms with Gasteiger partial charge in [0, 0.05) is 30.6 Å². The van der Waals surface area contributed by atoms with E-state index in [1.54, 1.807) is 13.1 Å². The number of carbonyl (C=O) groups is 2. The smallest absolute Gasteiger partial charge is 0.242 e. The van der Waals surface area contributed by atoms with Crippen molar-refractivity contribution in [2.24, 2.45) is 23.2 Å². The first-order valence-electron chi connectivity index (χ1n) is 10.3. The van der Waals surface area contributed by atoms with E-state index in [9.17, 15) is 14.0 Å². The van der Waals surface area contributed by atoms with Crippen molar-refractivity contribution in [2.45, 2.75) is 51.5 Å². The van der Waals surface area contributed by atoms with Crippen LogP contribution in [-0.4, -0.2) is 30.3 Å². The molecule has 0 heterocycles. The molecule has 0 aliphatic heterocycles. The first-order chi connectivity index (χ1) is 13.3. The van der Waals surface area contributed by atoms with E-state index in [-0.39, 0.29) is 30.3 Å². The van der Waals surface area contributed by atoms with Crippen LogP contribution in [0.5, 0.6) is 0 Å². The first kappa shape index (κ1) is 19.7. The topological polar surface area (TPSA) is 49.4 Å². The summed E-state index contributed by atoms with van der Waals surface area (Å²) in [5.41, 5.74) is 0.453. The Morgan fingerprint density at radius 3 is 2.36 bits per heavy atom. The van der Waals surface area contributed by atoms with Gasteiger partial charge in [0.05, 0.1) is 6.54 Å². The minimum Gasteiger partial charge on any atom is -0.347 e. The molecule has 1 aromatic rings. The molecule has 28 heavy (non-hydrogen) atoms. The number of rotatable bonds is 6. The standard InChI is InChI=1S/C22H28ClFN2O2/c1-26(13-17-18(23)3-2-4-19(17)24)21(28)12-25-20(27)11-22-8-14-5-15(9-22)7-16(6-14)10-22/h2-4,14-16H,5-13H2,1H3,(H,25,27). The predicted octanol–water partition coefficient (Wildman–Crippen LogP) is 4.16. The molecule has 1 aromatic carbocycles. The van der Waals surface area contributed by atoms with Gasteiger partial charge < -0.3 is 10.2 Å². The maximum Gasteiger partial charge on any atom is 0.242 e. The fourth-order valence-electron chi connectivity index (χ4n) is 6.23. The van der Waals surface area contributed by atoms with Crippen molar-refractivity contribution in [1.29, 1.82) is 0 Å². The van der Waals surface area contributed by atoms with Gasteiger partial charge >= 0.3 is 0 Å². The largest absolute Gasteiger partial charge is 0.347 e. The summed E-state index contributed by atoms with van der Waals surface area (Å²) in [6, 6.07) is 4.46. The third-order valence-corrected chi connectivity index (χ3v) is 7.37. The molecule has 4 nitrogen and oxygen atoms in total. The van der Waals surface area contributed by atoms with Crippen LogP contribution in [0.15, 0.2) is 18.2 Å². The van der Waals surface area contributed by atoms with Crippen molar-refractivity contribution in [2.75, 3.05) is 13.6 Å². The zero-order valence-corrected chi connectivity index (χ0v) is 17.1. The highest BCUT2D eigenvalue weighted by molar-refractivity contribution is 6.31. The number of nitrogens with zero attached hydrogens (tertiary/aromatic N) is 1. The molecule has 4 saturated carbocycles. The van der Waals surface area contributed by atoms with Crippen molar-refractivity contribution in [1.82, 2.24) is 10.2 Å². The number of carbonyl (C=O) groups excluding carboxylic acids is 2. The predicted molar refractivity (Wildman–Crippen MR) is 106 cm³/mol. The van der Waals surface area contributed by atoms with Gasteiger partial charge in [-0.2, -0.15) is 0 Å². The second kappa shape index (κ2) is 7.66. The molecule has 4 aliphatic rings. The summed E-state index contributed by atoms with van der Waals surface area (Å²) in [7, 11) is 1.59. The van der Waals surface area contributed by atoms with Crippen LogP contribution < -0.4 is 5.32 Å². The van der Waals surface area contributed by atoms with Crippen LogP contribution in [0.2, 0.25) is 5.02 Å². The van der Waals surface area contributed by atoms with E-state index in [0.29, 0.717) is 17.0 Å². The normalized spacial score (nSPS) is 30.3. The molecule has 0 radical (unpaired) electrons. The maximum atomic E-state index is 13.9. The summed E-state index contributed by atoms with van der Waals surface area (Å²) in [5.74, 6) is 1.69. The molecule has 6 heteroatoms. The Kier molecular flexibility index (Phi) is 5.38.